The van der Waals surface area contributed by atoms with Gasteiger partial charge in [-0.15, -0.1) is 0 Å². The second-order valence-electron chi connectivity index (χ2n) is 6.06. The quantitative estimate of drug-likeness (QED) is 0.544. The summed E-state index contributed by atoms with van der Waals surface area (Å²) in [7, 11) is -1.28. The summed E-state index contributed by atoms with van der Waals surface area (Å²) in [6.45, 7) is 4.25. The highest BCUT2D eigenvalue weighted by molar-refractivity contribution is 6.47. The van der Waals surface area contributed by atoms with E-state index in [1.54, 1.807) is 12.1 Å². The zero-order chi connectivity index (χ0) is 17.7. The molecule has 0 unspecified atom stereocenters. The van der Waals surface area contributed by atoms with E-state index in [-0.39, 0.29) is 29.8 Å². The molecule has 0 bridgehead atoms. The van der Waals surface area contributed by atoms with Crippen molar-refractivity contribution in [3.05, 3.63) is 29.3 Å². The third-order valence-corrected chi connectivity index (χ3v) is 4.03. The third kappa shape index (κ3) is 4.49. The van der Waals surface area contributed by atoms with E-state index in [2.05, 4.69) is 17.6 Å². The topological polar surface area (TPSA) is 108 Å². The van der Waals surface area contributed by atoms with E-state index >= 15 is 0 Å². The molecule has 2 atom stereocenters. The summed E-state index contributed by atoms with van der Waals surface area (Å²) in [4.78, 5) is 23.2. The molecule has 1 amide bonds. The van der Waals surface area contributed by atoms with Crippen LogP contribution in [0, 0.1) is 0 Å². The highest BCUT2D eigenvalue weighted by Gasteiger charge is 2.37. The van der Waals surface area contributed by atoms with E-state index in [9.17, 15) is 14.6 Å². The fourth-order valence-electron chi connectivity index (χ4n) is 2.78. The minimum Gasteiger partial charge on any atom is -0.534 e. The molecule has 0 saturated carbocycles. The molecule has 0 aliphatic carbocycles. The predicted molar refractivity (Wildman–Crippen MR) is 90.0 cm³/mol. The molecule has 0 spiro atoms. The first-order valence-corrected chi connectivity index (χ1v) is 8.15. The second kappa shape index (κ2) is 8.16. The van der Waals surface area contributed by atoms with Crippen LogP contribution < -0.4 is 15.3 Å². The Bertz CT molecular complexity index is 610. The summed E-state index contributed by atoms with van der Waals surface area (Å²) < 4.78 is 5.34. The van der Waals surface area contributed by atoms with Crippen LogP contribution >= 0.6 is 0 Å². The lowest BCUT2D eigenvalue weighted by Gasteiger charge is -2.29. The Labute approximate surface area is 141 Å². The summed E-state index contributed by atoms with van der Waals surface area (Å²) in [5.74, 6) is -1.80. The fourth-order valence-corrected chi connectivity index (χ4v) is 2.78. The molecule has 1 aromatic carbocycles. The molecule has 0 saturated heterocycles. The van der Waals surface area contributed by atoms with Crippen molar-refractivity contribution in [2.24, 2.45) is 0 Å². The van der Waals surface area contributed by atoms with Crippen molar-refractivity contribution in [2.45, 2.75) is 45.1 Å². The molecule has 1 aromatic rings. The van der Waals surface area contributed by atoms with Gasteiger partial charge in [0.2, 0.25) is 5.91 Å². The molecule has 24 heavy (non-hydrogen) atoms. The Kier molecular flexibility index (Phi) is 6.22. The summed E-state index contributed by atoms with van der Waals surface area (Å²) in [6, 6.07) is 5.02. The van der Waals surface area contributed by atoms with Gasteiger partial charge in [-0.05, 0) is 31.4 Å². The Morgan fingerprint density at radius 1 is 1.46 bits per heavy atom. The van der Waals surface area contributed by atoms with Crippen molar-refractivity contribution < 1.29 is 24.4 Å². The van der Waals surface area contributed by atoms with Crippen LogP contribution in [-0.2, 0) is 11.2 Å². The number of benzene rings is 1. The molecule has 7 nitrogen and oxygen atoms in total. The first-order valence-electron chi connectivity index (χ1n) is 8.15. The van der Waals surface area contributed by atoms with Gasteiger partial charge in [0, 0.05) is 6.04 Å². The molecule has 130 valence electrons. The van der Waals surface area contributed by atoms with Gasteiger partial charge < -0.3 is 25.4 Å². The monoisotopic (exact) mass is 334 g/mol. The number of para-hydroxylation sites is 1. The molecule has 0 fully saturated rings. The van der Waals surface area contributed by atoms with Gasteiger partial charge in [0.25, 0.3) is 0 Å². The van der Waals surface area contributed by atoms with Gasteiger partial charge in [-0.2, -0.15) is 0 Å². The van der Waals surface area contributed by atoms with E-state index < -0.39 is 19.0 Å². The number of carboxylic acids is 1. The third-order valence-electron chi connectivity index (χ3n) is 4.03. The van der Waals surface area contributed by atoms with Crippen LogP contribution in [0.5, 0.6) is 5.75 Å². The molecule has 8 heteroatoms. The summed E-state index contributed by atoms with van der Waals surface area (Å²) in [5, 5.41) is 25.1. The van der Waals surface area contributed by atoms with Gasteiger partial charge in [-0.25, -0.2) is 4.79 Å². The smallest absolute Gasteiger partial charge is 0.534 e. The SMILES string of the molecule is CCC[C@H](C)NCC(=O)N[C@H]1Cc2cccc(C(=O)O)c2OB1O. The van der Waals surface area contributed by atoms with Crippen LogP contribution in [0.25, 0.3) is 0 Å². The van der Waals surface area contributed by atoms with Gasteiger partial charge in [-0.1, -0.05) is 25.5 Å². The molecular weight excluding hydrogens is 311 g/mol. The Morgan fingerprint density at radius 3 is 2.88 bits per heavy atom. The van der Waals surface area contributed by atoms with E-state index in [1.165, 1.54) is 6.07 Å². The van der Waals surface area contributed by atoms with E-state index in [4.69, 9.17) is 9.76 Å². The molecule has 1 aliphatic rings. The number of rotatable bonds is 7. The lowest BCUT2D eigenvalue weighted by molar-refractivity contribution is -0.120. The average Bonchev–Trinajstić information content (AvgIpc) is 2.53. The summed E-state index contributed by atoms with van der Waals surface area (Å²) >= 11 is 0. The molecule has 2 rings (SSSR count). The molecule has 1 heterocycles. The summed E-state index contributed by atoms with van der Waals surface area (Å²) in [6.07, 6.45) is 2.33. The van der Waals surface area contributed by atoms with Crippen LogP contribution in [-0.4, -0.2) is 47.7 Å². The number of amides is 1. The van der Waals surface area contributed by atoms with Gasteiger partial charge >= 0.3 is 13.1 Å². The Morgan fingerprint density at radius 2 is 2.21 bits per heavy atom. The predicted octanol–water partition coefficient (Wildman–Crippen LogP) is 0.602. The van der Waals surface area contributed by atoms with Crippen LogP contribution in [0.3, 0.4) is 0 Å². The minimum atomic E-state index is -1.28. The maximum absolute atomic E-state index is 12.0. The number of hydrogen-bond donors (Lipinski definition) is 4. The lowest BCUT2D eigenvalue weighted by Crippen LogP contribution is -2.55. The molecular formula is C16H23BN2O5. The van der Waals surface area contributed by atoms with Gasteiger partial charge in [0.05, 0.1) is 18.0 Å². The molecule has 0 aromatic heterocycles. The first kappa shape index (κ1) is 18.3. The standard InChI is InChI=1S/C16H23BN2O5/c1-3-5-10(2)18-9-14(20)19-13-8-11-6-4-7-12(16(21)22)15(11)24-17(13)23/h4,6-7,10,13,18,23H,3,5,8-9H2,1-2H3,(H,19,20)(H,21,22)/t10-,13-/m0/s1. The second-order valence-corrected chi connectivity index (χ2v) is 6.06. The van der Waals surface area contributed by atoms with Crippen molar-refractivity contribution in [3.63, 3.8) is 0 Å². The largest absolute Gasteiger partial charge is 0.547 e. The number of nitrogens with one attached hydrogen (secondary N) is 2. The molecule has 1 aliphatic heterocycles. The van der Waals surface area contributed by atoms with Crippen molar-refractivity contribution in [2.75, 3.05) is 6.54 Å². The van der Waals surface area contributed by atoms with E-state index in [0.717, 1.165) is 12.8 Å². The zero-order valence-electron chi connectivity index (χ0n) is 13.9. The van der Waals surface area contributed by atoms with Crippen molar-refractivity contribution >= 4 is 19.0 Å². The van der Waals surface area contributed by atoms with Crippen LogP contribution in [0.4, 0.5) is 0 Å². The van der Waals surface area contributed by atoms with Gasteiger partial charge in [-0.3, -0.25) is 4.79 Å². The van der Waals surface area contributed by atoms with Crippen LogP contribution in [0.15, 0.2) is 18.2 Å². The van der Waals surface area contributed by atoms with E-state index in [0.29, 0.717) is 12.0 Å². The number of carbonyl (C=O) groups excluding carboxylic acids is 1. The van der Waals surface area contributed by atoms with Crippen LogP contribution in [0.2, 0.25) is 0 Å². The summed E-state index contributed by atoms with van der Waals surface area (Å²) in [5.41, 5.74) is 0.657. The lowest BCUT2D eigenvalue weighted by atomic mass is 9.72. The van der Waals surface area contributed by atoms with Gasteiger partial charge in [0.1, 0.15) is 5.75 Å². The first-order chi connectivity index (χ1) is 11.4. The molecule has 0 radical (unpaired) electrons. The number of hydrogen-bond acceptors (Lipinski definition) is 5. The molecule has 4 N–H and O–H groups in total. The van der Waals surface area contributed by atoms with Crippen molar-refractivity contribution in [1.82, 2.24) is 10.6 Å². The number of fused-ring (bicyclic) bond motifs is 1. The maximum atomic E-state index is 12.0. The maximum Gasteiger partial charge on any atom is 0.547 e. The normalized spacial score (nSPS) is 17.6. The fraction of sp³-hybridized carbons (Fsp3) is 0.500. The average molecular weight is 334 g/mol. The van der Waals surface area contributed by atoms with E-state index in [1.807, 2.05) is 6.92 Å². The van der Waals surface area contributed by atoms with Crippen LogP contribution in [0.1, 0.15) is 42.6 Å². The van der Waals surface area contributed by atoms with Gasteiger partial charge in [0.15, 0.2) is 0 Å². The Hall–Kier alpha value is -2.06. The minimum absolute atomic E-state index is 0.00591. The van der Waals surface area contributed by atoms with Crippen molar-refractivity contribution in [1.29, 1.82) is 0 Å². The number of carbonyl (C=O) groups is 2. The van der Waals surface area contributed by atoms with Crippen molar-refractivity contribution in [3.8, 4) is 5.75 Å². The number of aromatic carboxylic acids is 1. The highest BCUT2D eigenvalue weighted by atomic mass is 16.5. The zero-order valence-corrected chi connectivity index (χ0v) is 13.9. The Balaban J connectivity index is 1.98. The number of carboxylic acid groups (broad SMARTS) is 1. The highest BCUT2D eigenvalue weighted by Crippen LogP contribution is 2.29.